The van der Waals surface area contributed by atoms with E-state index in [1.54, 1.807) is 7.11 Å². The Morgan fingerprint density at radius 3 is 2.08 bits per heavy atom. The lowest BCUT2D eigenvalue weighted by Gasteiger charge is -2.40. The van der Waals surface area contributed by atoms with Crippen LogP contribution in [-0.4, -0.2) is 41.2 Å². The molecule has 0 atom stereocenters. The number of hydrogen-bond donors (Lipinski definition) is 0. The van der Waals surface area contributed by atoms with Gasteiger partial charge in [-0.1, -0.05) is 60.8 Å². The maximum absolute atomic E-state index is 5.27. The number of ether oxygens (including phenoxy) is 1. The molecule has 2 aromatic carbocycles. The SMILES string of the molecule is CCN1CC(SN(Cc2ccc(C)cc2)Cc2ccc(OC)cc2)C1. The van der Waals surface area contributed by atoms with Crippen LogP contribution >= 0.6 is 11.9 Å². The predicted octanol–water partition coefficient (Wildman–Crippen LogP) is 4.36. The molecule has 0 radical (unpaired) electrons. The first-order valence-electron chi connectivity index (χ1n) is 8.99. The van der Waals surface area contributed by atoms with Crippen molar-refractivity contribution in [3.63, 3.8) is 0 Å². The Balaban J connectivity index is 1.65. The van der Waals surface area contributed by atoms with Gasteiger partial charge in [0.2, 0.25) is 0 Å². The fourth-order valence-corrected chi connectivity index (χ4v) is 4.44. The van der Waals surface area contributed by atoms with Gasteiger partial charge in [-0.3, -0.25) is 0 Å². The van der Waals surface area contributed by atoms with Crippen LogP contribution in [0.2, 0.25) is 0 Å². The maximum atomic E-state index is 5.27. The van der Waals surface area contributed by atoms with Crippen LogP contribution < -0.4 is 4.74 Å². The molecule has 4 heteroatoms. The highest BCUT2D eigenvalue weighted by Gasteiger charge is 2.28. The molecule has 0 amide bonds. The van der Waals surface area contributed by atoms with Gasteiger partial charge >= 0.3 is 0 Å². The Morgan fingerprint density at radius 1 is 1.00 bits per heavy atom. The summed E-state index contributed by atoms with van der Waals surface area (Å²) in [4.78, 5) is 2.50. The number of hydrogen-bond acceptors (Lipinski definition) is 4. The van der Waals surface area contributed by atoms with Gasteiger partial charge < -0.3 is 9.64 Å². The van der Waals surface area contributed by atoms with E-state index < -0.39 is 0 Å². The van der Waals surface area contributed by atoms with Gasteiger partial charge in [-0.05, 0) is 36.7 Å². The highest BCUT2D eigenvalue weighted by Crippen LogP contribution is 2.29. The summed E-state index contributed by atoms with van der Waals surface area (Å²) in [5.74, 6) is 0.916. The topological polar surface area (TPSA) is 15.7 Å². The van der Waals surface area contributed by atoms with Crippen molar-refractivity contribution in [3.05, 3.63) is 65.2 Å². The molecular formula is C21H28N2OS. The first-order chi connectivity index (χ1) is 12.2. The molecule has 3 nitrogen and oxygen atoms in total. The Kier molecular flexibility index (Phi) is 6.40. The molecule has 3 rings (SSSR count). The maximum Gasteiger partial charge on any atom is 0.118 e. The normalized spacial score (nSPS) is 15.4. The summed E-state index contributed by atoms with van der Waals surface area (Å²) < 4.78 is 7.78. The number of methoxy groups -OCH3 is 1. The number of likely N-dealkylation sites (tertiary alicyclic amines) is 1. The third kappa shape index (κ3) is 5.24. The average molecular weight is 357 g/mol. The second-order valence-corrected chi connectivity index (χ2v) is 8.11. The van der Waals surface area contributed by atoms with E-state index in [1.165, 1.54) is 29.8 Å². The van der Waals surface area contributed by atoms with Crippen LogP contribution in [0.4, 0.5) is 0 Å². The molecule has 0 aliphatic carbocycles. The summed E-state index contributed by atoms with van der Waals surface area (Å²) in [6.45, 7) is 9.87. The van der Waals surface area contributed by atoms with E-state index in [0.29, 0.717) is 5.25 Å². The summed E-state index contributed by atoms with van der Waals surface area (Å²) in [6, 6.07) is 17.3. The second-order valence-electron chi connectivity index (χ2n) is 6.71. The summed E-state index contributed by atoms with van der Waals surface area (Å²) in [7, 11) is 1.71. The zero-order chi connectivity index (χ0) is 17.6. The van der Waals surface area contributed by atoms with Crippen molar-refractivity contribution < 1.29 is 4.74 Å². The molecule has 0 aromatic heterocycles. The summed E-state index contributed by atoms with van der Waals surface area (Å²) in [6.07, 6.45) is 0. The van der Waals surface area contributed by atoms with E-state index >= 15 is 0 Å². The van der Waals surface area contributed by atoms with E-state index in [9.17, 15) is 0 Å². The van der Waals surface area contributed by atoms with Crippen molar-refractivity contribution in [1.29, 1.82) is 0 Å². The molecule has 2 aromatic rings. The van der Waals surface area contributed by atoms with Gasteiger partial charge in [0.1, 0.15) is 5.75 Å². The zero-order valence-electron chi connectivity index (χ0n) is 15.4. The Labute approximate surface area is 156 Å². The van der Waals surface area contributed by atoms with Crippen molar-refractivity contribution in [1.82, 2.24) is 9.21 Å². The van der Waals surface area contributed by atoms with Crippen molar-refractivity contribution >= 4 is 11.9 Å². The number of benzene rings is 2. The lowest BCUT2D eigenvalue weighted by atomic mass is 10.1. The quantitative estimate of drug-likeness (QED) is 0.653. The minimum absolute atomic E-state index is 0.712. The van der Waals surface area contributed by atoms with Gasteiger partial charge in [0, 0.05) is 31.4 Å². The van der Waals surface area contributed by atoms with Crippen LogP contribution in [0.3, 0.4) is 0 Å². The highest BCUT2D eigenvalue weighted by molar-refractivity contribution is 7.97. The lowest BCUT2D eigenvalue weighted by molar-refractivity contribution is 0.198. The summed E-state index contributed by atoms with van der Waals surface area (Å²) >= 11 is 2.01. The smallest absolute Gasteiger partial charge is 0.118 e. The van der Waals surface area contributed by atoms with Crippen LogP contribution in [0.25, 0.3) is 0 Å². The number of rotatable bonds is 8. The zero-order valence-corrected chi connectivity index (χ0v) is 16.3. The second kappa shape index (κ2) is 8.75. The van der Waals surface area contributed by atoms with Crippen LogP contribution in [0.15, 0.2) is 48.5 Å². The van der Waals surface area contributed by atoms with Gasteiger partial charge in [0.25, 0.3) is 0 Å². The fraction of sp³-hybridized carbons (Fsp3) is 0.429. The largest absolute Gasteiger partial charge is 0.497 e. The third-order valence-electron chi connectivity index (χ3n) is 4.67. The molecule has 1 saturated heterocycles. The molecule has 0 bridgehead atoms. The van der Waals surface area contributed by atoms with Gasteiger partial charge in [0.15, 0.2) is 0 Å². The molecule has 1 aliphatic rings. The van der Waals surface area contributed by atoms with Crippen molar-refractivity contribution in [2.45, 2.75) is 32.2 Å². The molecule has 0 saturated carbocycles. The van der Waals surface area contributed by atoms with E-state index in [4.69, 9.17) is 4.74 Å². The minimum atomic E-state index is 0.712. The van der Waals surface area contributed by atoms with Crippen molar-refractivity contribution in [2.24, 2.45) is 0 Å². The van der Waals surface area contributed by atoms with Crippen molar-refractivity contribution in [2.75, 3.05) is 26.7 Å². The fourth-order valence-electron chi connectivity index (χ4n) is 3.02. The van der Waals surface area contributed by atoms with Crippen LogP contribution in [-0.2, 0) is 13.1 Å². The average Bonchev–Trinajstić information content (AvgIpc) is 2.60. The molecular weight excluding hydrogens is 328 g/mol. The van der Waals surface area contributed by atoms with Crippen LogP contribution in [0.1, 0.15) is 23.6 Å². The Morgan fingerprint density at radius 2 is 1.56 bits per heavy atom. The third-order valence-corrected chi connectivity index (χ3v) is 5.82. The standard InChI is InChI=1S/C21H28N2OS/c1-4-22-15-21(16-22)25-23(13-18-7-5-17(2)6-8-18)14-19-9-11-20(24-3)12-10-19/h5-12,21H,4,13-16H2,1-3H3. The Hall–Kier alpha value is -1.49. The predicted molar refractivity (Wildman–Crippen MR) is 107 cm³/mol. The molecule has 0 spiro atoms. The molecule has 134 valence electrons. The Bertz CT molecular complexity index is 651. The van der Waals surface area contributed by atoms with E-state index in [2.05, 4.69) is 59.5 Å². The van der Waals surface area contributed by atoms with Gasteiger partial charge in [-0.25, -0.2) is 4.31 Å². The van der Waals surface area contributed by atoms with Gasteiger partial charge in [-0.2, -0.15) is 0 Å². The summed E-state index contributed by atoms with van der Waals surface area (Å²) in [5.41, 5.74) is 4.01. The van der Waals surface area contributed by atoms with E-state index in [1.807, 2.05) is 24.1 Å². The molecule has 1 heterocycles. The minimum Gasteiger partial charge on any atom is -0.497 e. The van der Waals surface area contributed by atoms with Gasteiger partial charge in [0.05, 0.1) is 7.11 Å². The molecule has 0 N–H and O–H groups in total. The molecule has 1 fully saturated rings. The first kappa shape index (κ1) is 18.3. The van der Waals surface area contributed by atoms with Gasteiger partial charge in [-0.15, -0.1) is 0 Å². The number of nitrogens with zero attached hydrogens (tertiary/aromatic N) is 2. The summed E-state index contributed by atoms with van der Waals surface area (Å²) in [5, 5.41) is 0.712. The van der Waals surface area contributed by atoms with Crippen LogP contribution in [0.5, 0.6) is 5.75 Å². The first-order valence-corrected chi connectivity index (χ1v) is 9.82. The highest BCUT2D eigenvalue weighted by atomic mass is 32.2. The van der Waals surface area contributed by atoms with Crippen molar-refractivity contribution in [3.8, 4) is 5.75 Å². The molecule has 25 heavy (non-hydrogen) atoms. The molecule has 1 aliphatic heterocycles. The molecule has 0 unspecified atom stereocenters. The van der Waals surface area contributed by atoms with E-state index in [0.717, 1.165) is 25.4 Å². The van der Waals surface area contributed by atoms with E-state index in [-0.39, 0.29) is 0 Å². The monoisotopic (exact) mass is 356 g/mol. The lowest BCUT2D eigenvalue weighted by Crippen LogP contribution is -2.49. The number of aryl methyl sites for hydroxylation is 1. The van der Waals surface area contributed by atoms with Crippen LogP contribution in [0, 0.1) is 6.92 Å².